The molecule has 0 bridgehead atoms. The molecule has 5 atom stereocenters. The van der Waals surface area contributed by atoms with Crippen LogP contribution in [-0.2, 0) is 19.2 Å². The summed E-state index contributed by atoms with van der Waals surface area (Å²) in [5.41, 5.74) is -0.433. The van der Waals surface area contributed by atoms with E-state index in [0.29, 0.717) is 24.3 Å². The third-order valence-corrected chi connectivity index (χ3v) is 10.8. The van der Waals surface area contributed by atoms with Gasteiger partial charge in [0.1, 0.15) is 18.1 Å². The Bertz CT molecular complexity index is 1310. The zero-order valence-electron chi connectivity index (χ0n) is 30.4. The number of nitrogens with zero attached hydrogens (tertiary/aromatic N) is 1. The smallest absolute Gasteiger partial charge is 0.262 e. The third-order valence-electron chi connectivity index (χ3n) is 9.98. The summed E-state index contributed by atoms with van der Waals surface area (Å²) in [6.07, 6.45) is 8.93. The van der Waals surface area contributed by atoms with Gasteiger partial charge in [-0.2, -0.15) is 0 Å². The minimum atomic E-state index is -0.943. The Kier molecular flexibility index (Phi) is 15.1. The SMILES string of the molecule is C=CCNC(=O)C(=C)C(CCCC)NC(=O)[C@@H]1C[C@@H](C(C)C)CN1C(=O)[C@@H](NC(=O)[C@@H](NC(=O)c1cccs1)C1CCCCC1)C(C)(C)C. The molecule has 0 spiro atoms. The van der Waals surface area contributed by atoms with Gasteiger partial charge >= 0.3 is 0 Å². The minimum Gasteiger partial charge on any atom is -0.349 e. The lowest BCUT2D eigenvalue weighted by molar-refractivity contribution is -0.144. The molecule has 2 aliphatic rings. The molecule has 1 unspecified atom stereocenters. The van der Waals surface area contributed by atoms with E-state index < -0.39 is 29.6 Å². The predicted molar refractivity (Wildman–Crippen MR) is 196 cm³/mol. The van der Waals surface area contributed by atoms with Gasteiger partial charge in [0.25, 0.3) is 5.91 Å². The average molecular weight is 698 g/mol. The summed E-state index contributed by atoms with van der Waals surface area (Å²) in [5, 5.41) is 13.7. The van der Waals surface area contributed by atoms with Gasteiger partial charge in [0.15, 0.2) is 0 Å². The zero-order chi connectivity index (χ0) is 36.3. The van der Waals surface area contributed by atoms with E-state index >= 15 is 0 Å². The van der Waals surface area contributed by atoms with Gasteiger partial charge in [0.2, 0.25) is 23.6 Å². The van der Waals surface area contributed by atoms with Crippen LogP contribution in [0.25, 0.3) is 0 Å². The van der Waals surface area contributed by atoms with Crippen molar-refractivity contribution >= 4 is 40.9 Å². The Morgan fingerprint density at radius 2 is 1.73 bits per heavy atom. The van der Waals surface area contributed by atoms with Crippen LogP contribution < -0.4 is 21.3 Å². The normalized spacial score (nSPS) is 20.2. The molecule has 1 saturated carbocycles. The van der Waals surface area contributed by atoms with E-state index in [1.807, 2.05) is 33.1 Å². The molecule has 49 heavy (non-hydrogen) atoms. The third kappa shape index (κ3) is 11.0. The van der Waals surface area contributed by atoms with E-state index in [-0.39, 0.29) is 59.4 Å². The molecule has 2 heterocycles. The molecule has 4 N–H and O–H groups in total. The van der Waals surface area contributed by atoms with Gasteiger partial charge in [-0.3, -0.25) is 24.0 Å². The van der Waals surface area contributed by atoms with Crippen molar-refractivity contribution in [3.63, 3.8) is 0 Å². The van der Waals surface area contributed by atoms with Gasteiger partial charge in [0, 0.05) is 18.7 Å². The molecule has 11 heteroatoms. The fourth-order valence-electron chi connectivity index (χ4n) is 6.82. The van der Waals surface area contributed by atoms with Crippen LogP contribution in [0, 0.1) is 23.2 Å². The molecule has 1 aliphatic carbocycles. The van der Waals surface area contributed by atoms with Crippen molar-refractivity contribution in [2.24, 2.45) is 23.2 Å². The highest BCUT2D eigenvalue weighted by atomic mass is 32.1. The highest BCUT2D eigenvalue weighted by Gasteiger charge is 2.46. The fraction of sp³-hybridized carbons (Fsp3) is 0.658. The number of thiophene rings is 1. The maximum Gasteiger partial charge on any atom is 0.262 e. The molecule has 1 aliphatic heterocycles. The van der Waals surface area contributed by atoms with Gasteiger partial charge < -0.3 is 26.2 Å². The standard InChI is InChI=1S/C38H59N5O5S/c1-9-11-18-28(25(5)33(44)39-20-10-2)40-34(45)29-22-27(24(3)4)23-43(29)37(48)32(38(6,7)8)42-36(47)31(26-16-13-12-14-17-26)41-35(46)30-19-15-21-49-30/h10,15,19,21,24,26-29,31-32H,2,5,9,11-14,16-18,20,22-23H2,1,3-4,6-8H3,(H,39,44)(H,40,45)(H,41,46)(H,42,47)/t27-,28?,29+,31+,32-/m1/s1. The van der Waals surface area contributed by atoms with Crippen LogP contribution in [0.1, 0.15) is 109 Å². The second-order valence-electron chi connectivity index (χ2n) is 15.1. The second-order valence-corrected chi connectivity index (χ2v) is 16.1. The van der Waals surface area contributed by atoms with Crippen molar-refractivity contribution in [1.82, 2.24) is 26.2 Å². The number of carbonyl (C=O) groups excluding carboxylic acids is 5. The van der Waals surface area contributed by atoms with Gasteiger partial charge in [-0.1, -0.05) is 92.4 Å². The van der Waals surface area contributed by atoms with Gasteiger partial charge in [-0.15, -0.1) is 17.9 Å². The summed E-state index contributed by atoms with van der Waals surface area (Å²) in [5.74, 6) is -1.45. The monoisotopic (exact) mass is 697 g/mol. The van der Waals surface area contributed by atoms with Crippen molar-refractivity contribution in [3.8, 4) is 0 Å². The molecule has 272 valence electrons. The van der Waals surface area contributed by atoms with E-state index in [4.69, 9.17) is 0 Å². The molecule has 0 aromatic carbocycles. The quantitative estimate of drug-likeness (QED) is 0.136. The maximum atomic E-state index is 14.6. The van der Waals surface area contributed by atoms with E-state index in [1.54, 1.807) is 23.1 Å². The molecular weight excluding hydrogens is 639 g/mol. The zero-order valence-corrected chi connectivity index (χ0v) is 31.3. The molecule has 0 radical (unpaired) electrons. The van der Waals surface area contributed by atoms with E-state index in [1.165, 1.54) is 11.3 Å². The lowest BCUT2D eigenvalue weighted by Crippen LogP contribution is -2.61. The first-order chi connectivity index (χ1) is 23.2. The van der Waals surface area contributed by atoms with Crippen molar-refractivity contribution < 1.29 is 24.0 Å². The number of carbonyl (C=O) groups is 5. The Morgan fingerprint density at radius 1 is 1.04 bits per heavy atom. The van der Waals surface area contributed by atoms with Gasteiger partial charge in [-0.05, 0) is 60.3 Å². The lowest BCUT2D eigenvalue weighted by Gasteiger charge is -2.38. The molecule has 2 fully saturated rings. The van der Waals surface area contributed by atoms with E-state index in [2.05, 4.69) is 48.3 Å². The van der Waals surface area contributed by atoms with Crippen LogP contribution >= 0.6 is 11.3 Å². The summed E-state index contributed by atoms with van der Waals surface area (Å²) < 4.78 is 0. The highest BCUT2D eigenvalue weighted by molar-refractivity contribution is 7.12. The summed E-state index contributed by atoms with van der Waals surface area (Å²) in [4.78, 5) is 70.9. The first kappa shape index (κ1) is 40.0. The summed E-state index contributed by atoms with van der Waals surface area (Å²) >= 11 is 1.32. The summed E-state index contributed by atoms with van der Waals surface area (Å²) in [6.45, 7) is 20.2. The Morgan fingerprint density at radius 3 is 2.31 bits per heavy atom. The van der Waals surface area contributed by atoms with Crippen molar-refractivity contribution in [2.75, 3.05) is 13.1 Å². The largest absolute Gasteiger partial charge is 0.349 e. The molecule has 1 aromatic rings. The average Bonchev–Trinajstić information content (AvgIpc) is 3.77. The van der Waals surface area contributed by atoms with Crippen LogP contribution in [0.3, 0.4) is 0 Å². The van der Waals surface area contributed by atoms with Crippen molar-refractivity contribution in [1.29, 1.82) is 0 Å². The Labute approximate surface area is 297 Å². The van der Waals surface area contributed by atoms with Crippen LogP contribution in [0.2, 0.25) is 0 Å². The van der Waals surface area contributed by atoms with Crippen LogP contribution in [-0.4, -0.2) is 71.7 Å². The molecular formula is C38H59N5O5S. The number of nitrogens with one attached hydrogen (secondary N) is 4. The molecule has 1 saturated heterocycles. The fourth-order valence-corrected chi connectivity index (χ4v) is 7.45. The predicted octanol–water partition coefficient (Wildman–Crippen LogP) is 5.36. The van der Waals surface area contributed by atoms with Gasteiger partial charge in [0.05, 0.1) is 10.9 Å². The number of unbranched alkanes of at least 4 members (excludes halogenated alkanes) is 1. The maximum absolute atomic E-state index is 14.6. The summed E-state index contributed by atoms with van der Waals surface area (Å²) in [7, 11) is 0. The van der Waals surface area contributed by atoms with E-state index in [0.717, 1.165) is 44.9 Å². The molecule has 5 amide bonds. The van der Waals surface area contributed by atoms with Crippen LogP contribution in [0.4, 0.5) is 0 Å². The number of hydrogen-bond donors (Lipinski definition) is 4. The van der Waals surface area contributed by atoms with Crippen LogP contribution in [0.15, 0.2) is 42.3 Å². The Balaban J connectivity index is 1.88. The van der Waals surface area contributed by atoms with Gasteiger partial charge in [-0.25, -0.2) is 0 Å². The van der Waals surface area contributed by atoms with E-state index in [9.17, 15) is 24.0 Å². The first-order valence-electron chi connectivity index (χ1n) is 18.0. The van der Waals surface area contributed by atoms with Crippen LogP contribution in [0.5, 0.6) is 0 Å². The number of hydrogen-bond acceptors (Lipinski definition) is 6. The van der Waals surface area contributed by atoms with Crippen molar-refractivity contribution in [2.45, 2.75) is 123 Å². The van der Waals surface area contributed by atoms with Crippen molar-refractivity contribution in [3.05, 3.63) is 47.2 Å². The first-order valence-corrected chi connectivity index (χ1v) is 18.9. The number of likely N-dealkylation sites (tertiary alicyclic amines) is 1. The number of amides is 5. The number of rotatable bonds is 16. The molecule has 3 rings (SSSR count). The Hall–Kier alpha value is -3.47. The highest BCUT2D eigenvalue weighted by Crippen LogP contribution is 2.33. The minimum absolute atomic E-state index is 0.0409. The topological polar surface area (TPSA) is 137 Å². The lowest BCUT2D eigenvalue weighted by atomic mass is 9.82. The summed E-state index contributed by atoms with van der Waals surface area (Å²) in [6, 6.07) is 0.441. The second kappa shape index (κ2) is 18.5. The molecule has 10 nitrogen and oxygen atoms in total. The molecule has 1 aromatic heterocycles.